The van der Waals surface area contributed by atoms with Gasteiger partial charge in [0.1, 0.15) is 0 Å². The molecule has 0 atom stereocenters. The van der Waals surface area contributed by atoms with E-state index in [1.807, 2.05) is 0 Å². The molecule has 0 saturated carbocycles. The SMILES string of the molecule is c1ccc(-c2cc(-c3ccccc3)cc(-n3c4ccc(-n5c6ccccc6c6c([Si](c7ccccc7)(c7ccccc7)c7ccccc7)cccc65)cc4c4c([Si](c5ccccc5)(c5ccccc5)c5ccccc5)cccc43)c2)cc1. The summed E-state index contributed by atoms with van der Waals surface area (Å²) in [6.45, 7) is 0. The van der Waals surface area contributed by atoms with Crippen LogP contribution in [0.15, 0.2) is 340 Å². The minimum atomic E-state index is -3.11. The predicted molar refractivity (Wildman–Crippen MR) is 353 cm³/mol. The molecule has 2 nitrogen and oxygen atoms in total. The zero-order chi connectivity index (χ0) is 54.5. The molecular weight excluding hydrogens is 1020 g/mol. The first-order chi connectivity index (χ1) is 40.7. The van der Waals surface area contributed by atoms with Crippen molar-refractivity contribution in [1.29, 1.82) is 0 Å². The molecule has 82 heavy (non-hydrogen) atoms. The van der Waals surface area contributed by atoms with Crippen LogP contribution in [0.4, 0.5) is 0 Å². The Bertz CT molecular complexity index is 4500. The second-order valence-corrected chi connectivity index (χ2v) is 29.0. The fourth-order valence-corrected chi connectivity index (χ4v) is 23.8. The highest BCUT2D eigenvalue weighted by molar-refractivity contribution is 7.21. The number of hydrogen-bond acceptors (Lipinski definition) is 0. The van der Waals surface area contributed by atoms with Crippen LogP contribution in [0, 0.1) is 0 Å². The third-order valence-electron chi connectivity index (χ3n) is 17.2. The predicted octanol–water partition coefficient (Wildman–Crippen LogP) is 14.0. The molecule has 15 aromatic rings. The molecule has 0 amide bonds. The van der Waals surface area contributed by atoms with Crippen LogP contribution < -0.4 is 41.5 Å². The molecule has 0 fully saturated rings. The zero-order valence-corrected chi connectivity index (χ0v) is 47.2. The number of nitrogens with zero attached hydrogens (tertiary/aromatic N) is 2. The van der Waals surface area contributed by atoms with Crippen LogP contribution in [-0.4, -0.2) is 25.3 Å². The van der Waals surface area contributed by atoms with Crippen molar-refractivity contribution in [2.75, 3.05) is 0 Å². The van der Waals surface area contributed by atoms with E-state index in [1.54, 1.807) is 0 Å². The van der Waals surface area contributed by atoms with E-state index in [1.165, 1.54) is 102 Å². The molecule has 2 aromatic heterocycles. The molecule has 0 unspecified atom stereocenters. The molecule has 0 aliphatic heterocycles. The Morgan fingerprint density at radius 2 is 0.512 bits per heavy atom. The van der Waals surface area contributed by atoms with E-state index in [0.717, 1.165) is 16.9 Å². The van der Waals surface area contributed by atoms with E-state index < -0.39 is 16.1 Å². The molecule has 4 heteroatoms. The van der Waals surface area contributed by atoms with Crippen molar-refractivity contribution in [1.82, 2.24) is 9.13 Å². The molecule has 0 aliphatic carbocycles. The highest BCUT2D eigenvalue weighted by atomic mass is 28.3. The lowest BCUT2D eigenvalue weighted by atomic mass is 9.98. The molecule has 0 spiro atoms. The molecule has 0 radical (unpaired) electrons. The molecule has 0 bridgehead atoms. The maximum Gasteiger partial charge on any atom is 0.180 e. The van der Waals surface area contributed by atoms with Gasteiger partial charge in [-0.3, -0.25) is 0 Å². The van der Waals surface area contributed by atoms with E-state index in [4.69, 9.17) is 0 Å². The van der Waals surface area contributed by atoms with Gasteiger partial charge in [0, 0.05) is 32.9 Å². The fourth-order valence-electron chi connectivity index (χ4n) is 13.8. The van der Waals surface area contributed by atoms with Crippen molar-refractivity contribution in [3.63, 3.8) is 0 Å². The van der Waals surface area contributed by atoms with E-state index in [2.05, 4.69) is 349 Å². The highest BCUT2D eigenvalue weighted by Gasteiger charge is 2.45. The number of rotatable bonds is 12. The quantitative estimate of drug-likeness (QED) is 0.0852. The normalized spacial score (nSPS) is 11.9. The van der Waals surface area contributed by atoms with Gasteiger partial charge in [-0.1, -0.05) is 285 Å². The van der Waals surface area contributed by atoms with E-state index in [0.29, 0.717) is 0 Å². The van der Waals surface area contributed by atoms with Crippen molar-refractivity contribution in [2.24, 2.45) is 0 Å². The Kier molecular flexibility index (Phi) is 12.3. The topological polar surface area (TPSA) is 9.86 Å². The summed E-state index contributed by atoms with van der Waals surface area (Å²) in [7, 11) is -6.09. The third kappa shape index (κ3) is 7.83. The van der Waals surface area contributed by atoms with Gasteiger partial charge in [0.15, 0.2) is 16.1 Å². The van der Waals surface area contributed by atoms with Crippen LogP contribution >= 0.6 is 0 Å². The monoisotopic (exact) mass is 1080 g/mol. The third-order valence-corrected chi connectivity index (χ3v) is 26.8. The van der Waals surface area contributed by atoms with Gasteiger partial charge < -0.3 is 9.13 Å². The van der Waals surface area contributed by atoms with Crippen LogP contribution in [0.1, 0.15) is 0 Å². The standard InChI is InChI=1S/C78H56N2Si2/c1-9-29-57(30-10-1)59-53-60(58-31-11-2-12-32-58)55-62(54-59)80-72-52-51-61(56-70(72)78-74(80)48-28-50-76(78)82(66-39-19-6-20-40-66,67-41-21-7-22-42-67)68-43-23-8-24-44-68)79-71-46-26-25-45-69(71)77-73(79)47-27-49-75(77)81(63-33-13-3-14-34-63,64-35-15-4-16-36-64)65-37-17-5-18-38-65/h1-56H. The lowest BCUT2D eigenvalue weighted by molar-refractivity contribution is 1.17. The van der Waals surface area contributed by atoms with Crippen molar-refractivity contribution in [3.8, 4) is 33.6 Å². The van der Waals surface area contributed by atoms with Crippen LogP contribution in [0.2, 0.25) is 0 Å². The highest BCUT2D eigenvalue weighted by Crippen LogP contribution is 2.40. The van der Waals surface area contributed by atoms with Crippen LogP contribution in [0.5, 0.6) is 0 Å². The van der Waals surface area contributed by atoms with Crippen molar-refractivity contribution in [2.45, 2.75) is 0 Å². The smallest absolute Gasteiger partial charge is 0.180 e. The molecular formula is C78H56N2Si2. The first-order valence-corrected chi connectivity index (χ1v) is 32.4. The van der Waals surface area contributed by atoms with Gasteiger partial charge in [0.25, 0.3) is 0 Å². The van der Waals surface area contributed by atoms with Crippen molar-refractivity contribution < 1.29 is 0 Å². The van der Waals surface area contributed by atoms with E-state index in [-0.39, 0.29) is 0 Å². The second kappa shape index (κ2) is 20.5. The van der Waals surface area contributed by atoms with Crippen molar-refractivity contribution >= 4 is 101 Å². The Morgan fingerprint density at radius 3 is 0.915 bits per heavy atom. The van der Waals surface area contributed by atoms with Gasteiger partial charge in [-0.05, 0) is 118 Å². The Balaban J connectivity index is 1.08. The Labute approximate surface area is 480 Å². The van der Waals surface area contributed by atoms with Gasteiger partial charge in [-0.25, -0.2) is 0 Å². The zero-order valence-electron chi connectivity index (χ0n) is 45.2. The molecule has 13 aromatic carbocycles. The lowest BCUT2D eigenvalue weighted by Crippen LogP contribution is -2.74. The largest absolute Gasteiger partial charge is 0.309 e. The van der Waals surface area contributed by atoms with Crippen LogP contribution in [0.25, 0.3) is 77.2 Å². The minimum Gasteiger partial charge on any atom is -0.309 e. The van der Waals surface area contributed by atoms with Gasteiger partial charge >= 0.3 is 0 Å². The summed E-state index contributed by atoms with van der Waals surface area (Å²) >= 11 is 0. The average Bonchev–Trinajstić information content (AvgIpc) is 3.14. The number of aromatic nitrogens is 2. The number of fused-ring (bicyclic) bond motifs is 6. The molecule has 386 valence electrons. The Hall–Kier alpha value is -10.1. The summed E-state index contributed by atoms with van der Waals surface area (Å²) < 4.78 is 5.11. The Morgan fingerprint density at radius 1 is 0.195 bits per heavy atom. The average molecular weight is 1080 g/mol. The summed E-state index contributed by atoms with van der Waals surface area (Å²) in [5.41, 5.74) is 11.6. The lowest BCUT2D eigenvalue weighted by Gasteiger charge is -2.35. The first kappa shape index (κ1) is 49.0. The summed E-state index contributed by atoms with van der Waals surface area (Å²) in [4.78, 5) is 0. The number of hydrogen-bond donors (Lipinski definition) is 0. The summed E-state index contributed by atoms with van der Waals surface area (Å²) in [5, 5.41) is 15.8. The minimum absolute atomic E-state index is 1.11. The first-order valence-electron chi connectivity index (χ1n) is 28.4. The maximum absolute atomic E-state index is 3.11. The molecule has 2 heterocycles. The summed E-state index contributed by atoms with van der Waals surface area (Å²) in [6, 6.07) is 128. The fraction of sp³-hybridized carbons (Fsp3) is 0. The van der Waals surface area contributed by atoms with E-state index >= 15 is 0 Å². The van der Waals surface area contributed by atoms with Crippen molar-refractivity contribution in [3.05, 3.63) is 340 Å². The van der Waals surface area contributed by atoms with E-state index in [9.17, 15) is 0 Å². The van der Waals surface area contributed by atoms with Gasteiger partial charge in [-0.2, -0.15) is 0 Å². The number of para-hydroxylation sites is 1. The summed E-state index contributed by atoms with van der Waals surface area (Å²) in [5.74, 6) is 0. The van der Waals surface area contributed by atoms with Crippen LogP contribution in [-0.2, 0) is 0 Å². The molecule has 0 N–H and O–H groups in total. The van der Waals surface area contributed by atoms with Gasteiger partial charge in [0.2, 0.25) is 0 Å². The second-order valence-electron chi connectivity index (χ2n) is 21.5. The summed E-state index contributed by atoms with van der Waals surface area (Å²) in [6.07, 6.45) is 0. The number of benzene rings is 13. The van der Waals surface area contributed by atoms with Gasteiger partial charge in [-0.15, -0.1) is 0 Å². The van der Waals surface area contributed by atoms with Crippen LogP contribution in [0.3, 0.4) is 0 Å². The molecule has 15 rings (SSSR count). The maximum atomic E-state index is 2.56. The molecule has 0 aliphatic rings. The molecule has 0 saturated heterocycles. The van der Waals surface area contributed by atoms with Gasteiger partial charge in [0.05, 0.1) is 22.1 Å².